The minimum absolute atomic E-state index is 0.486. The molecule has 2 aliphatic rings. The van der Waals surface area contributed by atoms with E-state index in [1.807, 2.05) is 0 Å². The Balaban J connectivity index is 1.50. The number of nitrogens with zero attached hydrogens (tertiary/aromatic N) is 6. The molecule has 1 aliphatic carbocycles. The largest absolute Gasteiger partial charge is 0.357 e. The van der Waals surface area contributed by atoms with E-state index in [0.29, 0.717) is 11.7 Å². The van der Waals surface area contributed by atoms with Crippen LogP contribution in [-0.4, -0.2) is 57.6 Å². The summed E-state index contributed by atoms with van der Waals surface area (Å²) in [4.78, 5) is 23.4. The zero-order chi connectivity index (χ0) is 20.8. The zero-order valence-corrected chi connectivity index (χ0v) is 18.4. The highest BCUT2D eigenvalue weighted by Gasteiger charge is 2.25. The molecule has 0 aromatic carbocycles. The number of hydrogen-bond acceptors (Lipinski definition) is 6. The average molecular weight is 407 g/mol. The van der Waals surface area contributed by atoms with Crippen LogP contribution in [0.2, 0.25) is 0 Å². The predicted octanol–water partition coefficient (Wildman–Crippen LogP) is 4.32. The fourth-order valence-electron chi connectivity index (χ4n) is 4.70. The van der Waals surface area contributed by atoms with Crippen molar-refractivity contribution >= 4 is 5.82 Å². The number of aromatic nitrogens is 4. The van der Waals surface area contributed by atoms with Crippen molar-refractivity contribution in [3.05, 3.63) is 42.5 Å². The third-order valence-electron chi connectivity index (χ3n) is 6.51. The van der Waals surface area contributed by atoms with Crippen LogP contribution in [0.5, 0.6) is 0 Å². The standard InChI is InChI=1S/C24H34N6/c1-3-30(4-2)23-16-21(27-24(28-23)22-17-25-12-13-26-22)20-10-14-29(15-11-20)18-19-8-6-5-7-9-19/h5-6,12-13,16-17,19-20H,3-4,7-11,14-15,18H2,1-2H3/t19-/m0/s1. The molecule has 1 fully saturated rings. The summed E-state index contributed by atoms with van der Waals surface area (Å²) >= 11 is 0. The predicted molar refractivity (Wildman–Crippen MR) is 122 cm³/mol. The molecule has 0 bridgehead atoms. The van der Waals surface area contributed by atoms with Gasteiger partial charge in [-0.25, -0.2) is 15.0 Å². The quantitative estimate of drug-likeness (QED) is 0.639. The van der Waals surface area contributed by atoms with Crippen LogP contribution in [-0.2, 0) is 0 Å². The normalized spacial score (nSPS) is 20.4. The van der Waals surface area contributed by atoms with Gasteiger partial charge >= 0.3 is 0 Å². The highest BCUT2D eigenvalue weighted by Crippen LogP contribution is 2.31. The molecule has 3 heterocycles. The van der Waals surface area contributed by atoms with E-state index in [9.17, 15) is 0 Å². The second-order valence-corrected chi connectivity index (χ2v) is 8.46. The van der Waals surface area contributed by atoms with E-state index in [-0.39, 0.29) is 0 Å². The van der Waals surface area contributed by atoms with E-state index in [2.05, 4.69) is 51.8 Å². The first-order valence-corrected chi connectivity index (χ1v) is 11.5. The summed E-state index contributed by atoms with van der Waals surface area (Å²) in [6.07, 6.45) is 16.0. The molecule has 160 valence electrons. The fraction of sp³-hybridized carbons (Fsp3) is 0.583. The van der Waals surface area contributed by atoms with Crippen LogP contribution in [0.3, 0.4) is 0 Å². The molecular formula is C24H34N6. The van der Waals surface area contributed by atoms with Gasteiger partial charge in [-0.3, -0.25) is 4.98 Å². The first kappa shape index (κ1) is 20.9. The van der Waals surface area contributed by atoms with Crippen molar-refractivity contribution in [1.82, 2.24) is 24.8 Å². The molecule has 6 heteroatoms. The van der Waals surface area contributed by atoms with E-state index >= 15 is 0 Å². The Kier molecular flexibility index (Phi) is 7.05. The van der Waals surface area contributed by atoms with Crippen molar-refractivity contribution in [1.29, 1.82) is 0 Å². The van der Waals surface area contributed by atoms with Gasteiger partial charge in [0, 0.05) is 49.7 Å². The monoisotopic (exact) mass is 406 g/mol. The average Bonchev–Trinajstić information content (AvgIpc) is 2.81. The maximum Gasteiger partial charge on any atom is 0.182 e. The number of hydrogen-bond donors (Lipinski definition) is 0. The van der Waals surface area contributed by atoms with Gasteiger partial charge < -0.3 is 9.80 Å². The van der Waals surface area contributed by atoms with Crippen LogP contribution in [0, 0.1) is 5.92 Å². The Labute approximate surface area is 180 Å². The molecule has 2 aromatic rings. The lowest BCUT2D eigenvalue weighted by atomic mass is 9.90. The molecule has 6 nitrogen and oxygen atoms in total. The number of anilines is 1. The Morgan fingerprint density at radius 1 is 1.03 bits per heavy atom. The van der Waals surface area contributed by atoms with Crippen LogP contribution < -0.4 is 4.90 Å². The van der Waals surface area contributed by atoms with Crippen LogP contribution >= 0.6 is 0 Å². The molecule has 0 radical (unpaired) electrons. The Bertz CT molecular complexity index is 825. The van der Waals surface area contributed by atoms with Gasteiger partial charge in [-0.2, -0.15) is 0 Å². The van der Waals surface area contributed by atoms with E-state index in [1.165, 1.54) is 25.8 Å². The molecule has 0 unspecified atom stereocenters. The summed E-state index contributed by atoms with van der Waals surface area (Å²) in [5.41, 5.74) is 1.91. The maximum atomic E-state index is 4.95. The lowest BCUT2D eigenvalue weighted by molar-refractivity contribution is 0.177. The number of rotatable bonds is 7. The van der Waals surface area contributed by atoms with Crippen LogP contribution in [0.4, 0.5) is 5.82 Å². The first-order chi connectivity index (χ1) is 14.8. The van der Waals surface area contributed by atoms with Gasteiger partial charge in [-0.1, -0.05) is 12.2 Å². The summed E-state index contributed by atoms with van der Waals surface area (Å²) in [6.45, 7) is 9.78. The minimum Gasteiger partial charge on any atom is -0.357 e. The first-order valence-electron chi connectivity index (χ1n) is 11.5. The molecule has 0 N–H and O–H groups in total. The summed E-state index contributed by atoms with van der Waals surface area (Å²) < 4.78 is 0. The van der Waals surface area contributed by atoms with Crippen LogP contribution in [0.15, 0.2) is 36.8 Å². The van der Waals surface area contributed by atoms with Crippen molar-refractivity contribution < 1.29 is 0 Å². The highest BCUT2D eigenvalue weighted by molar-refractivity contribution is 5.53. The van der Waals surface area contributed by atoms with Gasteiger partial charge in [-0.15, -0.1) is 0 Å². The number of allylic oxidation sites excluding steroid dienone is 2. The van der Waals surface area contributed by atoms with Gasteiger partial charge in [0.25, 0.3) is 0 Å². The molecular weight excluding hydrogens is 372 g/mol. The highest BCUT2D eigenvalue weighted by atomic mass is 15.2. The molecule has 1 aliphatic heterocycles. The van der Waals surface area contributed by atoms with Crippen LogP contribution in [0.1, 0.15) is 57.6 Å². The summed E-state index contributed by atoms with van der Waals surface area (Å²) in [5.74, 6) is 3.02. The maximum absolute atomic E-state index is 4.95. The van der Waals surface area contributed by atoms with Gasteiger partial charge in [0.05, 0.1) is 6.20 Å². The molecule has 4 rings (SSSR count). The molecule has 1 atom stereocenters. The van der Waals surface area contributed by atoms with Crippen molar-refractivity contribution in [2.45, 2.75) is 51.9 Å². The fourth-order valence-corrected chi connectivity index (χ4v) is 4.70. The van der Waals surface area contributed by atoms with E-state index < -0.39 is 0 Å². The molecule has 0 saturated carbocycles. The van der Waals surface area contributed by atoms with Gasteiger partial charge in [0.1, 0.15) is 11.5 Å². The third-order valence-corrected chi connectivity index (χ3v) is 6.51. The summed E-state index contributed by atoms with van der Waals surface area (Å²) in [7, 11) is 0. The third kappa shape index (κ3) is 5.04. The number of piperidine rings is 1. The van der Waals surface area contributed by atoms with E-state index in [4.69, 9.17) is 9.97 Å². The second kappa shape index (κ2) is 10.1. The lowest BCUT2D eigenvalue weighted by Crippen LogP contribution is -2.37. The summed E-state index contributed by atoms with van der Waals surface area (Å²) in [6, 6.07) is 2.21. The number of likely N-dealkylation sites (tertiary alicyclic amines) is 1. The van der Waals surface area contributed by atoms with E-state index in [1.54, 1.807) is 18.6 Å². The van der Waals surface area contributed by atoms with Crippen LogP contribution in [0.25, 0.3) is 11.5 Å². The molecule has 30 heavy (non-hydrogen) atoms. The molecule has 0 amide bonds. The Hall–Kier alpha value is -2.34. The minimum atomic E-state index is 0.486. The molecule has 2 aromatic heterocycles. The molecule has 0 spiro atoms. The van der Waals surface area contributed by atoms with Crippen molar-refractivity contribution in [3.63, 3.8) is 0 Å². The smallest absolute Gasteiger partial charge is 0.182 e. The Morgan fingerprint density at radius 3 is 2.53 bits per heavy atom. The molecule has 1 saturated heterocycles. The second-order valence-electron chi connectivity index (χ2n) is 8.46. The topological polar surface area (TPSA) is 58.0 Å². The lowest BCUT2D eigenvalue weighted by Gasteiger charge is -2.34. The van der Waals surface area contributed by atoms with Gasteiger partial charge in [-0.05, 0) is 65.0 Å². The Morgan fingerprint density at radius 2 is 1.87 bits per heavy atom. The van der Waals surface area contributed by atoms with Crippen molar-refractivity contribution in [3.8, 4) is 11.5 Å². The summed E-state index contributed by atoms with van der Waals surface area (Å²) in [5, 5.41) is 0. The van der Waals surface area contributed by atoms with E-state index in [0.717, 1.165) is 62.1 Å². The van der Waals surface area contributed by atoms with Gasteiger partial charge in [0.15, 0.2) is 5.82 Å². The SMILES string of the molecule is CCN(CC)c1cc(C2CCN(C[C@H]3CC=CCC3)CC2)nc(-c2cnccn2)n1. The van der Waals surface area contributed by atoms with Crippen molar-refractivity contribution in [2.75, 3.05) is 37.6 Å². The zero-order valence-electron chi connectivity index (χ0n) is 18.4. The van der Waals surface area contributed by atoms with Gasteiger partial charge in [0.2, 0.25) is 0 Å². The van der Waals surface area contributed by atoms with Crippen molar-refractivity contribution in [2.24, 2.45) is 5.92 Å².